The number of ether oxygens (including phenoxy) is 1. The number of anilines is 2. The number of imidazole rings is 1. The maximum atomic E-state index is 14.1. The molecule has 9 nitrogen and oxygen atoms in total. The second-order valence-electron chi connectivity index (χ2n) is 11.2. The fourth-order valence-corrected chi connectivity index (χ4v) is 6.24. The van der Waals surface area contributed by atoms with Crippen molar-refractivity contribution in [2.45, 2.75) is 57.4 Å². The molecule has 3 fully saturated rings. The van der Waals surface area contributed by atoms with Crippen molar-refractivity contribution < 1.29 is 18.3 Å². The number of Topliss-reactive ketones (excluding diaryl/α,β-unsaturated/α-hetero) is 1. The molecule has 11 heteroatoms. The molecule has 1 aliphatic carbocycles. The lowest BCUT2D eigenvalue weighted by Crippen LogP contribution is -2.37. The summed E-state index contributed by atoms with van der Waals surface area (Å²) in [6, 6.07) is 9.05. The third kappa shape index (κ3) is 6.10. The second kappa shape index (κ2) is 12.1. The van der Waals surface area contributed by atoms with Crippen LogP contribution in [0.25, 0.3) is 16.9 Å². The van der Waals surface area contributed by atoms with Crippen LogP contribution in [0.3, 0.4) is 0 Å². The topological polar surface area (TPSA) is 88.4 Å². The van der Waals surface area contributed by atoms with Crippen molar-refractivity contribution in [3.05, 3.63) is 36.2 Å². The minimum atomic E-state index is -2.76. The van der Waals surface area contributed by atoms with Gasteiger partial charge in [-0.05, 0) is 69.7 Å². The Balaban J connectivity index is 1.20. The number of carbonyl (C=O) groups is 1. The minimum absolute atomic E-state index is 0.194. The fourth-order valence-electron chi connectivity index (χ4n) is 6.24. The molecule has 0 amide bonds. The zero-order valence-corrected chi connectivity index (χ0v) is 22.8. The summed E-state index contributed by atoms with van der Waals surface area (Å²) in [7, 11) is 0. The Hall–Kier alpha value is -3.18. The van der Waals surface area contributed by atoms with E-state index in [0.29, 0.717) is 79.6 Å². The number of nitrogens with one attached hydrogen (secondary N) is 1. The van der Waals surface area contributed by atoms with Crippen LogP contribution >= 0.6 is 0 Å². The van der Waals surface area contributed by atoms with Crippen LogP contribution < -0.4 is 10.2 Å². The van der Waals surface area contributed by atoms with Gasteiger partial charge < -0.3 is 15.0 Å². The van der Waals surface area contributed by atoms with Gasteiger partial charge in [-0.3, -0.25) is 14.3 Å². The van der Waals surface area contributed by atoms with Gasteiger partial charge in [0.05, 0.1) is 30.8 Å². The number of hydrogen-bond acceptors (Lipinski definition) is 8. The number of nitrogens with zero attached hydrogens (tertiary/aromatic N) is 6. The van der Waals surface area contributed by atoms with Crippen molar-refractivity contribution in [2.24, 2.45) is 5.92 Å². The summed E-state index contributed by atoms with van der Waals surface area (Å²) in [4.78, 5) is 30.7. The van der Waals surface area contributed by atoms with E-state index in [1.165, 1.54) is 17.4 Å². The molecule has 214 valence electrons. The summed E-state index contributed by atoms with van der Waals surface area (Å²) in [5.74, 6) is 1.91. The largest absolute Gasteiger partial charge is 0.378 e. The molecule has 4 heterocycles. The number of aromatic nitrogens is 4. The van der Waals surface area contributed by atoms with Gasteiger partial charge in [0.1, 0.15) is 17.4 Å². The van der Waals surface area contributed by atoms with E-state index in [9.17, 15) is 13.6 Å². The summed E-state index contributed by atoms with van der Waals surface area (Å²) < 4.78 is 35.2. The molecule has 1 aromatic carbocycles. The van der Waals surface area contributed by atoms with E-state index in [1.54, 1.807) is 24.3 Å². The monoisotopic (exact) mass is 553 g/mol. The maximum absolute atomic E-state index is 14.1. The molecule has 40 heavy (non-hydrogen) atoms. The number of halogens is 2. The van der Waals surface area contributed by atoms with Gasteiger partial charge in [0.2, 0.25) is 5.95 Å². The Morgan fingerprint density at radius 1 is 1.00 bits per heavy atom. The lowest BCUT2D eigenvalue weighted by molar-refractivity contribution is -0.121. The number of rotatable bonds is 9. The lowest BCUT2D eigenvalue weighted by atomic mass is 9.83. The number of likely N-dealkylation sites (tertiary alicyclic amines) is 1. The van der Waals surface area contributed by atoms with Gasteiger partial charge in [-0.2, -0.15) is 9.97 Å². The Morgan fingerprint density at radius 3 is 2.50 bits per heavy atom. The van der Waals surface area contributed by atoms with E-state index in [2.05, 4.69) is 15.2 Å². The van der Waals surface area contributed by atoms with E-state index in [0.717, 1.165) is 38.8 Å². The Kier molecular flexibility index (Phi) is 8.20. The van der Waals surface area contributed by atoms with Crippen LogP contribution in [0.2, 0.25) is 0 Å². The predicted molar refractivity (Wildman–Crippen MR) is 149 cm³/mol. The van der Waals surface area contributed by atoms with Crippen molar-refractivity contribution in [1.82, 2.24) is 24.4 Å². The highest BCUT2D eigenvalue weighted by molar-refractivity contribution is 5.80. The van der Waals surface area contributed by atoms with E-state index in [4.69, 9.17) is 14.7 Å². The highest BCUT2D eigenvalue weighted by Gasteiger charge is 2.27. The van der Waals surface area contributed by atoms with Crippen LogP contribution in [0, 0.1) is 5.92 Å². The van der Waals surface area contributed by atoms with Crippen LogP contribution in [0.15, 0.2) is 30.3 Å². The quantitative estimate of drug-likeness (QED) is 0.411. The number of hydrogen-bond donors (Lipinski definition) is 1. The van der Waals surface area contributed by atoms with Crippen LogP contribution in [-0.4, -0.2) is 82.2 Å². The number of para-hydroxylation sites is 2. The van der Waals surface area contributed by atoms with Gasteiger partial charge in [-0.25, -0.2) is 13.8 Å². The zero-order chi connectivity index (χ0) is 27.5. The fraction of sp³-hybridized carbons (Fsp3) is 0.586. The molecule has 6 rings (SSSR count). The maximum Gasteiger partial charge on any atom is 0.296 e. The minimum Gasteiger partial charge on any atom is -0.378 e. The number of fused-ring (bicyclic) bond motifs is 1. The van der Waals surface area contributed by atoms with Crippen molar-refractivity contribution >= 4 is 28.6 Å². The van der Waals surface area contributed by atoms with Crippen LogP contribution in [0.4, 0.5) is 20.5 Å². The van der Waals surface area contributed by atoms with Gasteiger partial charge in [0, 0.05) is 31.6 Å². The first kappa shape index (κ1) is 27.0. The first-order valence-electron chi connectivity index (χ1n) is 14.5. The normalized spacial score (nSPS) is 22.3. The molecule has 0 atom stereocenters. The molecule has 2 aromatic heterocycles. The number of morpholine rings is 1. The molecular formula is C29H37F2N7O2. The van der Waals surface area contributed by atoms with Gasteiger partial charge in [-0.1, -0.05) is 12.1 Å². The Labute approximate surface area is 232 Å². The molecule has 0 unspecified atom stereocenters. The van der Waals surface area contributed by atoms with Crippen molar-refractivity contribution in [2.75, 3.05) is 56.2 Å². The molecule has 0 bridgehead atoms. The number of carbonyl (C=O) groups excluding carboxylic acids is 1. The van der Waals surface area contributed by atoms with E-state index >= 15 is 0 Å². The molecule has 1 saturated carbocycles. The van der Waals surface area contributed by atoms with Crippen LogP contribution in [0.5, 0.6) is 0 Å². The average molecular weight is 554 g/mol. The van der Waals surface area contributed by atoms with Crippen molar-refractivity contribution in [1.29, 1.82) is 0 Å². The third-order valence-corrected chi connectivity index (χ3v) is 8.32. The van der Waals surface area contributed by atoms with E-state index in [1.807, 2.05) is 11.0 Å². The first-order chi connectivity index (χ1) is 19.5. The molecule has 0 radical (unpaired) electrons. The molecule has 0 spiro atoms. The molecule has 2 saturated heterocycles. The van der Waals surface area contributed by atoms with Crippen molar-refractivity contribution in [3.8, 4) is 5.82 Å². The number of benzene rings is 1. The van der Waals surface area contributed by atoms with Crippen LogP contribution in [-0.2, 0) is 9.53 Å². The SMILES string of the molecule is O=C(CC1CCC(Nc2cc(-n3c(C(F)F)nc4ccccc43)nc(N3CCOCC3)n2)CC1)CN1CCCC1. The summed E-state index contributed by atoms with van der Waals surface area (Å²) in [6.07, 6.45) is 4.14. The van der Waals surface area contributed by atoms with Gasteiger partial charge in [0.25, 0.3) is 6.43 Å². The molecule has 1 N–H and O–H groups in total. The average Bonchev–Trinajstić information content (AvgIpc) is 3.62. The lowest BCUT2D eigenvalue weighted by Gasteiger charge is -2.30. The standard InChI is InChI=1S/C29H37F2N7O2/c30-27(31)28-33-23-5-1-2-6-24(23)38(28)26-18-25(34-29(35-26)37-13-15-40-16-14-37)32-21-9-7-20(8-10-21)17-22(39)19-36-11-3-4-12-36/h1-2,5-6,18,20-21,27H,3-4,7-17,19H2,(H,32,34,35). The van der Waals surface area contributed by atoms with Gasteiger partial charge >= 0.3 is 0 Å². The van der Waals surface area contributed by atoms with E-state index < -0.39 is 6.43 Å². The summed E-state index contributed by atoms with van der Waals surface area (Å²) in [5, 5.41) is 3.57. The van der Waals surface area contributed by atoms with Crippen LogP contribution in [0.1, 0.15) is 57.2 Å². The molecule has 3 aromatic rings. The van der Waals surface area contributed by atoms with Gasteiger partial charge in [-0.15, -0.1) is 0 Å². The molecule has 2 aliphatic heterocycles. The van der Waals surface area contributed by atoms with E-state index in [-0.39, 0.29) is 11.9 Å². The smallest absolute Gasteiger partial charge is 0.296 e. The second-order valence-corrected chi connectivity index (χ2v) is 11.2. The zero-order valence-electron chi connectivity index (χ0n) is 22.8. The number of alkyl halides is 2. The Bertz CT molecular complexity index is 1310. The summed E-state index contributed by atoms with van der Waals surface area (Å²) in [5.41, 5.74) is 1.07. The van der Waals surface area contributed by atoms with Gasteiger partial charge in [0.15, 0.2) is 5.82 Å². The predicted octanol–water partition coefficient (Wildman–Crippen LogP) is 4.62. The highest BCUT2D eigenvalue weighted by Crippen LogP contribution is 2.32. The molecular weight excluding hydrogens is 516 g/mol. The summed E-state index contributed by atoms with van der Waals surface area (Å²) in [6.45, 7) is 5.07. The van der Waals surface area contributed by atoms with Crippen molar-refractivity contribution in [3.63, 3.8) is 0 Å². The summed E-state index contributed by atoms with van der Waals surface area (Å²) >= 11 is 0. The number of ketones is 1. The first-order valence-corrected chi connectivity index (χ1v) is 14.5. The third-order valence-electron chi connectivity index (χ3n) is 8.32. The Morgan fingerprint density at radius 2 is 1.75 bits per heavy atom. The highest BCUT2D eigenvalue weighted by atomic mass is 19.3. The molecule has 3 aliphatic rings.